The zero-order valence-electron chi connectivity index (χ0n) is 12.3. The van der Waals surface area contributed by atoms with Crippen molar-refractivity contribution in [2.75, 3.05) is 0 Å². The molecule has 0 radical (unpaired) electrons. The predicted molar refractivity (Wildman–Crippen MR) is 90.5 cm³/mol. The molecule has 0 bridgehead atoms. The molecule has 122 valence electrons. The third kappa shape index (κ3) is 3.64. The highest BCUT2D eigenvalue weighted by Gasteiger charge is 2.22. The second-order valence-corrected chi connectivity index (χ2v) is 5.76. The van der Waals surface area contributed by atoms with Crippen LogP contribution in [0, 0.1) is 0 Å². The molecule has 0 spiro atoms. The SMILES string of the molecule is O=C(N/N=C(\c1ccco1)C(O)c1ccco1)c1cccc(Br)c1. The number of furan rings is 2. The lowest BCUT2D eigenvalue weighted by Crippen LogP contribution is -2.23. The maximum absolute atomic E-state index is 12.2. The van der Waals surface area contributed by atoms with E-state index in [1.54, 1.807) is 42.5 Å². The van der Waals surface area contributed by atoms with E-state index in [2.05, 4.69) is 26.5 Å². The summed E-state index contributed by atoms with van der Waals surface area (Å²) in [5.74, 6) is 0.210. The second-order valence-electron chi connectivity index (χ2n) is 4.84. The van der Waals surface area contributed by atoms with E-state index in [1.807, 2.05) is 6.07 Å². The molecule has 0 aliphatic carbocycles. The van der Waals surface area contributed by atoms with E-state index >= 15 is 0 Å². The van der Waals surface area contributed by atoms with Gasteiger partial charge in [-0.3, -0.25) is 4.79 Å². The van der Waals surface area contributed by atoms with Crippen molar-refractivity contribution in [3.05, 3.63) is 82.6 Å². The molecule has 24 heavy (non-hydrogen) atoms. The number of nitrogens with one attached hydrogen (secondary N) is 1. The molecule has 1 unspecified atom stereocenters. The summed E-state index contributed by atoms with van der Waals surface area (Å²) in [6.45, 7) is 0. The summed E-state index contributed by atoms with van der Waals surface area (Å²) in [4.78, 5) is 12.2. The molecule has 2 heterocycles. The minimum atomic E-state index is -1.17. The summed E-state index contributed by atoms with van der Waals surface area (Å²) in [7, 11) is 0. The van der Waals surface area contributed by atoms with Crippen molar-refractivity contribution in [2.45, 2.75) is 6.10 Å². The number of hydrogen-bond donors (Lipinski definition) is 2. The molecule has 2 aromatic heterocycles. The van der Waals surface area contributed by atoms with Gasteiger partial charge in [-0.15, -0.1) is 0 Å². The van der Waals surface area contributed by atoms with E-state index in [-0.39, 0.29) is 5.71 Å². The fourth-order valence-corrected chi connectivity index (χ4v) is 2.46. The first-order valence-electron chi connectivity index (χ1n) is 7.04. The molecule has 0 saturated heterocycles. The number of aliphatic hydroxyl groups excluding tert-OH is 1. The van der Waals surface area contributed by atoms with E-state index in [0.29, 0.717) is 17.1 Å². The van der Waals surface area contributed by atoms with E-state index in [9.17, 15) is 9.90 Å². The first-order chi connectivity index (χ1) is 11.6. The second kappa shape index (κ2) is 7.29. The summed E-state index contributed by atoms with van der Waals surface area (Å²) in [6, 6.07) is 13.4. The Bertz CT molecular complexity index is 841. The number of rotatable bonds is 5. The molecule has 1 amide bonds. The molecule has 0 saturated carbocycles. The maximum atomic E-state index is 12.2. The number of hydrazone groups is 1. The first-order valence-corrected chi connectivity index (χ1v) is 7.83. The Morgan fingerprint density at radius 2 is 1.92 bits per heavy atom. The highest BCUT2D eigenvalue weighted by molar-refractivity contribution is 9.10. The number of amides is 1. The topological polar surface area (TPSA) is 88.0 Å². The Morgan fingerprint density at radius 1 is 1.12 bits per heavy atom. The number of nitrogens with zero attached hydrogens (tertiary/aromatic N) is 1. The van der Waals surface area contributed by atoms with Crippen LogP contribution in [0.15, 0.2) is 79.5 Å². The average molecular weight is 389 g/mol. The summed E-state index contributed by atoms with van der Waals surface area (Å²) in [5.41, 5.74) is 2.99. The molecular formula is C17H13BrN2O4. The molecule has 7 heteroatoms. The van der Waals surface area contributed by atoms with E-state index in [0.717, 1.165) is 4.47 Å². The zero-order chi connectivity index (χ0) is 16.9. The molecule has 1 aromatic carbocycles. The minimum Gasteiger partial charge on any atom is -0.466 e. The van der Waals surface area contributed by atoms with Gasteiger partial charge in [0.25, 0.3) is 5.91 Å². The highest BCUT2D eigenvalue weighted by atomic mass is 79.9. The van der Waals surface area contributed by atoms with Crippen LogP contribution in [0.3, 0.4) is 0 Å². The van der Waals surface area contributed by atoms with Crippen molar-refractivity contribution < 1.29 is 18.7 Å². The third-order valence-electron chi connectivity index (χ3n) is 3.21. The van der Waals surface area contributed by atoms with Crippen molar-refractivity contribution in [1.82, 2.24) is 5.43 Å². The molecule has 0 fully saturated rings. The number of carbonyl (C=O) groups is 1. The Hall–Kier alpha value is -2.64. The van der Waals surface area contributed by atoms with Gasteiger partial charge in [0.1, 0.15) is 11.5 Å². The van der Waals surface area contributed by atoms with Crippen molar-refractivity contribution in [2.24, 2.45) is 5.10 Å². The van der Waals surface area contributed by atoms with Crippen LogP contribution in [0.4, 0.5) is 0 Å². The quantitative estimate of drug-likeness (QED) is 0.517. The molecule has 1 atom stereocenters. The Morgan fingerprint density at radius 3 is 2.58 bits per heavy atom. The van der Waals surface area contributed by atoms with Gasteiger partial charge in [-0.1, -0.05) is 22.0 Å². The average Bonchev–Trinajstić information content (AvgIpc) is 3.28. The third-order valence-corrected chi connectivity index (χ3v) is 3.70. The van der Waals surface area contributed by atoms with Crippen LogP contribution in [-0.4, -0.2) is 16.7 Å². The number of halogens is 1. The fourth-order valence-electron chi connectivity index (χ4n) is 2.06. The molecule has 0 aliphatic rings. The monoisotopic (exact) mass is 388 g/mol. The fraction of sp³-hybridized carbons (Fsp3) is 0.0588. The summed E-state index contributed by atoms with van der Waals surface area (Å²) < 4.78 is 11.2. The lowest BCUT2D eigenvalue weighted by Gasteiger charge is -2.10. The van der Waals surface area contributed by atoms with Gasteiger partial charge in [0, 0.05) is 10.0 Å². The summed E-state index contributed by atoms with van der Waals surface area (Å²) >= 11 is 3.31. The van der Waals surface area contributed by atoms with Crippen LogP contribution in [0.1, 0.15) is 28.0 Å². The number of benzene rings is 1. The maximum Gasteiger partial charge on any atom is 0.271 e. The first kappa shape index (κ1) is 16.2. The van der Waals surface area contributed by atoms with Crippen LogP contribution in [0.2, 0.25) is 0 Å². The molecule has 6 nitrogen and oxygen atoms in total. The Labute approximate surface area is 145 Å². The normalized spacial score (nSPS) is 12.8. The van der Waals surface area contributed by atoms with Crippen molar-refractivity contribution >= 4 is 27.5 Å². The number of hydrogen-bond acceptors (Lipinski definition) is 5. The van der Waals surface area contributed by atoms with Gasteiger partial charge >= 0.3 is 0 Å². The van der Waals surface area contributed by atoms with Crippen molar-refractivity contribution in [3.8, 4) is 0 Å². The van der Waals surface area contributed by atoms with Gasteiger partial charge < -0.3 is 13.9 Å². The number of aliphatic hydroxyl groups is 1. The van der Waals surface area contributed by atoms with Crippen molar-refractivity contribution in [1.29, 1.82) is 0 Å². The van der Waals surface area contributed by atoms with E-state index in [4.69, 9.17) is 8.83 Å². The van der Waals surface area contributed by atoms with E-state index < -0.39 is 12.0 Å². The molecule has 3 rings (SSSR count). The number of carbonyl (C=O) groups excluding carboxylic acids is 1. The highest BCUT2D eigenvalue weighted by Crippen LogP contribution is 2.20. The summed E-state index contributed by atoms with van der Waals surface area (Å²) in [6.07, 6.45) is 1.72. The molecule has 0 aliphatic heterocycles. The van der Waals surface area contributed by atoms with Gasteiger partial charge in [-0.25, -0.2) is 5.43 Å². The smallest absolute Gasteiger partial charge is 0.271 e. The van der Waals surface area contributed by atoms with Crippen LogP contribution >= 0.6 is 15.9 Å². The van der Waals surface area contributed by atoms with Crippen LogP contribution in [0.25, 0.3) is 0 Å². The standard InChI is InChI=1S/C17H13BrN2O4/c18-12-5-1-4-11(10-12)17(22)20-19-15(13-6-2-8-23-13)16(21)14-7-3-9-24-14/h1-10,16,21H,(H,20,22)/b19-15+. The van der Waals surface area contributed by atoms with Crippen LogP contribution in [0.5, 0.6) is 0 Å². The molecular weight excluding hydrogens is 376 g/mol. The van der Waals surface area contributed by atoms with Crippen LogP contribution < -0.4 is 5.43 Å². The lowest BCUT2D eigenvalue weighted by molar-refractivity contribution is 0.0954. The zero-order valence-corrected chi connectivity index (χ0v) is 13.9. The lowest BCUT2D eigenvalue weighted by atomic mass is 10.1. The van der Waals surface area contributed by atoms with Crippen molar-refractivity contribution in [3.63, 3.8) is 0 Å². The largest absolute Gasteiger partial charge is 0.466 e. The van der Waals surface area contributed by atoms with E-state index in [1.165, 1.54) is 12.5 Å². The van der Waals surface area contributed by atoms with Gasteiger partial charge in [-0.2, -0.15) is 5.10 Å². The van der Waals surface area contributed by atoms with Gasteiger partial charge in [0.15, 0.2) is 11.9 Å². The summed E-state index contributed by atoms with van der Waals surface area (Å²) in [5, 5.41) is 14.5. The van der Waals surface area contributed by atoms with Gasteiger partial charge in [-0.05, 0) is 42.5 Å². The Balaban J connectivity index is 1.86. The van der Waals surface area contributed by atoms with Gasteiger partial charge in [0.05, 0.1) is 12.5 Å². The predicted octanol–water partition coefficient (Wildman–Crippen LogP) is 3.50. The Kier molecular flexibility index (Phi) is 4.93. The van der Waals surface area contributed by atoms with Gasteiger partial charge in [0.2, 0.25) is 0 Å². The van der Waals surface area contributed by atoms with Crippen LogP contribution in [-0.2, 0) is 0 Å². The molecule has 3 aromatic rings. The minimum absolute atomic E-state index is 0.137. The molecule has 2 N–H and O–H groups in total.